The molecule has 5 heteroatoms. The minimum atomic E-state index is -0.165. The average Bonchev–Trinajstić information content (AvgIpc) is 3.24. The van der Waals surface area contributed by atoms with Gasteiger partial charge in [-0.3, -0.25) is 4.79 Å². The molecule has 0 N–H and O–H groups in total. The van der Waals surface area contributed by atoms with Gasteiger partial charge in [-0.05, 0) is 61.3 Å². The molecule has 1 aromatic heterocycles. The van der Waals surface area contributed by atoms with Crippen LogP contribution in [0.15, 0.2) is 61.4 Å². The Bertz CT molecular complexity index is 1040. The van der Waals surface area contributed by atoms with Gasteiger partial charge in [0.25, 0.3) is 5.91 Å². The summed E-state index contributed by atoms with van der Waals surface area (Å²) in [6, 6.07) is 5.38. The van der Waals surface area contributed by atoms with E-state index in [2.05, 4.69) is 22.7 Å². The number of halogens is 1. The van der Waals surface area contributed by atoms with Crippen LogP contribution in [0.1, 0.15) is 59.0 Å². The summed E-state index contributed by atoms with van der Waals surface area (Å²) in [6.07, 6.45) is 12.4. The van der Waals surface area contributed by atoms with Gasteiger partial charge in [0.1, 0.15) is 17.3 Å². The Balaban J connectivity index is 1.38. The van der Waals surface area contributed by atoms with E-state index in [0.717, 1.165) is 63.1 Å². The first-order valence-electron chi connectivity index (χ1n) is 11.5. The molecule has 1 amide bonds. The molecule has 1 atom stereocenters. The van der Waals surface area contributed by atoms with Gasteiger partial charge in [-0.15, -0.1) is 0 Å². The van der Waals surface area contributed by atoms with E-state index >= 15 is 0 Å². The van der Waals surface area contributed by atoms with Gasteiger partial charge in [0, 0.05) is 38.2 Å². The maximum Gasteiger partial charge on any atom is 0.274 e. The molecule has 4 nitrogen and oxygen atoms in total. The van der Waals surface area contributed by atoms with Crippen molar-refractivity contribution in [1.29, 1.82) is 0 Å². The number of fused-ring (bicyclic) bond motifs is 1. The zero-order valence-electron chi connectivity index (χ0n) is 18.9. The van der Waals surface area contributed by atoms with E-state index in [-0.39, 0.29) is 11.7 Å². The molecule has 32 heavy (non-hydrogen) atoms. The van der Waals surface area contributed by atoms with Crippen LogP contribution in [-0.2, 0) is 13.0 Å². The Kier molecular flexibility index (Phi) is 6.73. The number of likely N-dealkylation sites (tertiary alicyclic amines) is 1. The number of benzene rings is 1. The molecule has 2 aliphatic heterocycles. The van der Waals surface area contributed by atoms with E-state index in [1.807, 2.05) is 35.4 Å². The zero-order chi connectivity index (χ0) is 22.7. The summed E-state index contributed by atoms with van der Waals surface area (Å²) < 4.78 is 15.8. The number of imidazole rings is 1. The smallest absolute Gasteiger partial charge is 0.274 e. The Hall–Kier alpha value is -2.95. The molecule has 2 aliphatic rings. The number of carbonyl (C=O) groups excluding carboxylic acids is 1. The third-order valence-electron chi connectivity index (χ3n) is 6.89. The molecule has 0 saturated carbocycles. The van der Waals surface area contributed by atoms with Crippen molar-refractivity contribution in [1.82, 2.24) is 14.5 Å². The minimum absolute atomic E-state index is 0.0325. The van der Waals surface area contributed by atoms with Crippen LogP contribution >= 0.6 is 0 Å². The molecular weight excluding hydrogens is 401 g/mol. The first kappa shape index (κ1) is 22.3. The van der Waals surface area contributed by atoms with Gasteiger partial charge in [0.2, 0.25) is 0 Å². The molecule has 1 aromatic carbocycles. The molecule has 0 radical (unpaired) electrons. The van der Waals surface area contributed by atoms with Crippen LogP contribution in [0, 0.1) is 18.7 Å². The minimum Gasteiger partial charge on any atom is -0.337 e. The standard InChI is InChI=1S/C27H32FN3O/c1-4-6-20(5-2)16-21-11-13-30(14-12-21)27(32)25-18-31-17-23(8-10-26(31)29-25)22-7-9-24(28)19(3)15-22/h4-7,9,15,18,21,23H,1-2,8,10-14,16-17H2,3H3/b20-6+. The van der Waals surface area contributed by atoms with Crippen molar-refractivity contribution in [2.75, 3.05) is 13.1 Å². The fraction of sp³-hybridized carbons (Fsp3) is 0.407. The number of piperidine rings is 1. The Morgan fingerprint density at radius 1 is 1.25 bits per heavy atom. The van der Waals surface area contributed by atoms with Gasteiger partial charge >= 0.3 is 0 Å². The summed E-state index contributed by atoms with van der Waals surface area (Å²) in [5.41, 5.74) is 3.59. The van der Waals surface area contributed by atoms with E-state index in [9.17, 15) is 9.18 Å². The highest BCUT2D eigenvalue weighted by Gasteiger charge is 2.28. The van der Waals surface area contributed by atoms with E-state index in [1.54, 1.807) is 19.1 Å². The highest BCUT2D eigenvalue weighted by molar-refractivity contribution is 5.92. The van der Waals surface area contributed by atoms with Crippen molar-refractivity contribution in [3.8, 4) is 0 Å². The molecule has 1 fully saturated rings. The number of hydrogen-bond donors (Lipinski definition) is 0. The van der Waals surface area contributed by atoms with E-state index in [1.165, 1.54) is 5.57 Å². The van der Waals surface area contributed by atoms with Crippen molar-refractivity contribution >= 4 is 5.91 Å². The lowest BCUT2D eigenvalue weighted by atomic mass is 9.89. The van der Waals surface area contributed by atoms with Crippen molar-refractivity contribution in [3.63, 3.8) is 0 Å². The van der Waals surface area contributed by atoms with Crippen LogP contribution in [0.5, 0.6) is 0 Å². The van der Waals surface area contributed by atoms with Crippen molar-refractivity contribution in [3.05, 3.63) is 89.8 Å². The summed E-state index contributed by atoms with van der Waals surface area (Å²) in [7, 11) is 0. The molecule has 4 rings (SSSR count). The van der Waals surface area contributed by atoms with Gasteiger partial charge in [-0.25, -0.2) is 9.37 Å². The van der Waals surface area contributed by atoms with Gasteiger partial charge in [-0.2, -0.15) is 0 Å². The number of aryl methyl sites for hydroxylation is 2. The second kappa shape index (κ2) is 9.68. The molecule has 168 valence electrons. The molecule has 1 saturated heterocycles. The highest BCUT2D eigenvalue weighted by Crippen LogP contribution is 2.30. The lowest BCUT2D eigenvalue weighted by Crippen LogP contribution is -2.38. The van der Waals surface area contributed by atoms with E-state index < -0.39 is 0 Å². The number of nitrogens with zero attached hydrogens (tertiary/aromatic N) is 3. The SMILES string of the molecule is C=C/C=C(\C=C)CC1CCN(C(=O)c2cn3c(n2)CCC(c2ccc(F)c(C)c2)C3)CC1. The fourth-order valence-corrected chi connectivity index (χ4v) is 4.95. The normalized spacial score (nSPS) is 19.5. The lowest BCUT2D eigenvalue weighted by Gasteiger charge is -2.31. The zero-order valence-corrected chi connectivity index (χ0v) is 18.9. The molecule has 0 aliphatic carbocycles. The molecule has 0 spiro atoms. The second-order valence-electron chi connectivity index (χ2n) is 9.06. The van der Waals surface area contributed by atoms with Crippen LogP contribution in [-0.4, -0.2) is 33.4 Å². The number of rotatable bonds is 6. The van der Waals surface area contributed by atoms with E-state index in [4.69, 9.17) is 0 Å². The maximum atomic E-state index is 13.6. The van der Waals surface area contributed by atoms with Crippen molar-refractivity contribution in [2.45, 2.75) is 51.5 Å². The third kappa shape index (κ3) is 4.77. The van der Waals surface area contributed by atoms with Crippen LogP contribution in [0.25, 0.3) is 0 Å². The fourth-order valence-electron chi connectivity index (χ4n) is 4.95. The van der Waals surface area contributed by atoms with Crippen LogP contribution in [0.2, 0.25) is 0 Å². The molecule has 0 bridgehead atoms. The third-order valence-corrected chi connectivity index (χ3v) is 6.89. The summed E-state index contributed by atoms with van der Waals surface area (Å²) in [4.78, 5) is 19.7. The number of allylic oxidation sites excluding steroid dienone is 4. The van der Waals surface area contributed by atoms with Crippen LogP contribution in [0.3, 0.4) is 0 Å². The van der Waals surface area contributed by atoms with E-state index in [0.29, 0.717) is 23.1 Å². The number of carbonyl (C=O) groups is 1. The van der Waals surface area contributed by atoms with Crippen molar-refractivity contribution in [2.24, 2.45) is 5.92 Å². The largest absolute Gasteiger partial charge is 0.337 e. The topological polar surface area (TPSA) is 38.1 Å². The predicted octanol–water partition coefficient (Wildman–Crippen LogP) is 5.60. The molecular formula is C27H32FN3O. The first-order chi connectivity index (χ1) is 15.5. The molecule has 3 heterocycles. The number of aromatic nitrogens is 2. The van der Waals surface area contributed by atoms with Gasteiger partial charge in [0.15, 0.2) is 0 Å². The second-order valence-corrected chi connectivity index (χ2v) is 9.06. The van der Waals surface area contributed by atoms with Gasteiger partial charge in [0.05, 0.1) is 0 Å². The van der Waals surface area contributed by atoms with Gasteiger partial charge in [-0.1, -0.05) is 43.5 Å². The quantitative estimate of drug-likeness (QED) is 0.556. The van der Waals surface area contributed by atoms with Crippen LogP contribution < -0.4 is 0 Å². The van der Waals surface area contributed by atoms with Crippen molar-refractivity contribution < 1.29 is 9.18 Å². The summed E-state index contributed by atoms with van der Waals surface area (Å²) in [6.45, 7) is 11.8. The highest BCUT2D eigenvalue weighted by atomic mass is 19.1. The summed E-state index contributed by atoms with van der Waals surface area (Å²) in [5, 5.41) is 0. The Morgan fingerprint density at radius 3 is 2.72 bits per heavy atom. The molecule has 1 unspecified atom stereocenters. The average molecular weight is 434 g/mol. The number of amides is 1. The van der Waals surface area contributed by atoms with Crippen LogP contribution in [0.4, 0.5) is 4.39 Å². The number of hydrogen-bond acceptors (Lipinski definition) is 2. The Morgan fingerprint density at radius 2 is 2.03 bits per heavy atom. The summed E-state index contributed by atoms with van der Waals surface area (Å²) >= 11 is 0. The molecule has 2 aromatic rings. The predicted molar refractivity (Wildman–Crippen MR) is 126 cm³/mol. The Labute approximate surface area is 190 Å². The monoisotopic (exact) mass is 433 g/mol. The van der Waals surface area contributed by atoms with Gasteiger partial charge < -0.3 is 9.47 Å². The first-order valence-corrected chi connectivity index (χ1v) is 11.5. The maximum absolute atomic E-state index is 13.6. The lowest BCUT2D eigenvalue weighted by molar-refractivity contribution is 0.0685. The summed E-state index contributed by atoms with van der Waals surface area (Å²) in [5.74, 6) is 1.73.